The molecule has 5 rings (SSSR count). The highest BCUT2D eigenvalue weighted by Crippen LogP contribution is 2.35. The summed E-state index contributed by atoms with van der Waals surface area (Å²) in [5.74, 6) is -0.532. The third-order valence-corrected chi connectivity index (χ3v) is 6.58. The Kier molecular flexibility index (Phi) is 5.88. The second-order valence-electron chi connectivity index (χ2n) is 9.22. The van der Waals surface area contributed by atoms with Gasteiger partial charge in [0.15, 0.2) is 0 Å². The Morgan fingerprint density at radius 2 is 1.94 bits per heavy atom. The lowest BCUT2D eigenvalue weighted by Crippen LogP contribution is -2.36. The zero-order chi connectivity index (χ0) is 24.7. The second kappa shape index (κ2) is 8.88. The zero-order valence-corrected chi connectivity index (χ0v) is 19.2. The van der Waals surface area contributed by atoms with Crippen molar-refractivity contribution in [3.8, 4) is 11.3 Å². The normalized spacial score (nSPS) is 15.7. The van der Waals surface area contributed by atoms with E-state index in [4.69, 9.17) is 10.7 Å². The van der Waals surface area contributed by atoms with Gasteiger partial charge in [0.1, 0.15) is 0 Å². The van der Waals surface area contributed by atoms with Crippen LogP contribution < -0.4 is 11.1 Å². The van der Waals surface area contributed by atoms with Crippen LogP contribution in [-0.2, 0) is 17.4 Å². The first-order valence-corrected chi connectivity index (χ1v) is 11.5. The number of nitrogens with two attached hydrogens (primary N) is 1. The fourth-order valence-electron chi connectivity index (χ4n) is 4.73. The van der Waals surface area contributed by atoms with Crippen LogP contribution in [0, 0.1) is 0 Å². The smallest absolute Gasteiger partial charge is 0.382 e. The van der Waals surface area contributed by atoms with E-state index >= 15 is 0 Å². The molecule has 9 heteroatoms. The lowest BCUT2D eigenvalue weighted by atomic mass is 10.0. The van der Waals surface area contributed by atoms with E-state index in [-0.39, 0.29) is 6.42 Å². The summed E-state index contributed by atoms with van der Waals surface area (Å²) in [4.78, 5) is 22.2. The SMILES string of the molecule is CN1CCC(Nc2ccc3c(c2)[nH]c2c(CC(N)=O)cc(-c4cccc(C(F)(F)F)c4)nc23)CC1. The van der Waals surface area contributed by atoms with E-state index in [2.05, 4.69) is 22.2 Å². The van der Waals surface area contributed by atoms with Crippen molar-refractivity contribution < 1.29 is 18.0 Å². The highest BCUT2D eigenvalue weighted by Gasteiger charge is 2.30. The summed E-state index contributed by atoms with van der Waals surface area (Å²) in [5, 5.41) is 4.42. The number of fused-ring (bicyclic) bond motifs is 3. The van der Waals surface area contributed by atoms with E-state index in [1.165, 1.54) is 6.07 Å². The molecule has 0 radical (unpaired) electrons. The highest BCUT2D eigenvalue weighted by molar-refractivity contribution is 6.08. The van der Waals surface area contributed by atoms with Crippen molar-refractivity contribution in [1.29, 1.82) is 0 Å². The molecular formula is C26H26F3N5O. The van der Waals surface area contributed by atoms with Crippen LogP contribution in [0.25, 0.3) is 33.2 Å². The maximum absolute atomic E-state index is 13.3. The van der Waals surface area contributed by atoms with Crippen molar-refractivity contribution in [1.82, 2.24) is 14.9 Å². The molecule has 6 nitrogen and oxygen atoms in total. The number of halogens is 3. The summed E-state index contributed by atoms with van der Waals surface area (Å²) in [7, 11) is 2.12. The third kappa shape index (κ3) is 4.81. The molecule has 1 aliphatic heterocycles. The molecule has 0 unspecified atom stereocenters. The molecule has 1 saturated heterocycles. The molecule has 182 valence electrons. The van der Waals surface area contributed by atoms with Gasteiger partial charge in [-0.1, -0.05) is 12.1 Å². The summed E-state index contributed by atoms with van der Waals surface area (Å²) in [6.45, 7) is 2.09. The van der Waals surface area contributed by atoms with Gasteiger partial charge in [-0.15, -0.1) is 0 Å². The number of likely N-dealkylation sites (tertiary alicyclic amines) is 1. The maximum atomic E-state index is 13.3. The van der Waals surface area contributed by atoms with Gasteiger partial charge in [-0.2, -0.15) is 13.2 Å². The number of H-pyrrole nitrogens is 1. The summed E-state index contributed by atoms with van der Waals surface area (Å²) in [5.41, 5.74) is 9.06. The van der Waals surface area contributed by atoms with Crippen molar-refractivity contribution in [2.75, 3.05) is 25.5 Å². The van der Waals surface area contributed by atoms with Crippen molar-refractivity contribution in [2.24, 2.45) is 5.73 Å². The van der Waals surface area contributed by atoms with E-state index in [9.17, 15) is 18.0 Å². The number of aromatic nitrogens is 2. The molecule has 4 N–H and O–H groups in total. The van der Waals surface area contributed by atoms with Crippen molar-refractivity contribution in [2.45, 2.75) is 31.5 Å². The van der Waals surface area contributed by atoms with Gasteiger partial charge in [-0.3, -0.25) is 4.79 Å². The average Bonchev–Trinajstić information content (AvgIpc) is 3.18. The van der Waals surface area contributed by atoms with E-state index in [1.807, 2.05) is 18.2 Å². The van der Waals surface area contributed by atoms with Crippen LogP contribution in [0.4, 0.5) is 18.9 Å². The molecule has 0 atom stereocenters. The molecule has 0 bridgehead atoms. The van der Waals surface area contributed by atoms with E-state index < -0.39 is 17.6 Å². The minimum atomic E-state index is -4.46. The Labute approximate surface area is 200 Å². The zero-order valence-electron chi connectivity index (χ0n) is 19.2. The molecule has 1 amide bonds. The van der Waals surface area contributed by atoms with Crippen LogP contribution in [0.3, 0.4) is 0 Å². The topological polar surface area (TPSA) is 87.0 Å². The molecular weight excluding hydrogens is 455 g/mol. The van der Waals surface area contributed by atoms with E-state index in [0.29, 0.717) is 33.9 Å². The van der Waals surface area contributed by atoms with Crippen LogP contribution >= 0.6 is 0 Å². The number of primary amides is 1. The Balaban J connectivity index is 1.58. The standard InChI is InChI=1S/C26H26F3N5O/c1-34-9-7-18(8-10-34)31-19-5-6-20-22(14-19)33-24-16(13-23(30)35)12-21(32-25(20)24)15-3-2-4-17(11-15)26(27,28)29/h2-6,11-12,14,18,31,33H,7-10,13H2,1H3,(H2,30,35). The number of nitrogens with zero attached hydrogens (tertiary/aromatic N) is 2. The van der Waals surface area contributed by atoms with Gasteiger partial charge in [-0.05, 0) is 74.9 Å². The summed E-state index contributed by atoms with van der Waals surface area (Å²) in [6, 6.07) is 13.0. The lowest BCUT2D eigenvalue weighted by Gasteiger charge is -2.30. The minimum Gasteiger partial charge on any atom is -0.382 e. The van der Waals surface area contributed by atoms with Gasteiger partial charge < -0.3 is 20.9 Å². The first-order chi connectivity index (χ1) is 16.7. The third-order valence-electron chi connectivity index (χ3n) is 6.58. The molecule has 0 saturated carbocycles. The number of nitrogens with one attached hydrogen (secondary N) is 2. The molecule has 35 heavy (non-hydrogen) atoms. The van der Waals surface area contributed by atoms with Gasteiger partial charge in [0, 0.05) is 22.7 Å². The largest absolute Gasteiger partial charge is 0.416 e. The van der Waals surface area contributed by atoms with Crippen molar-refractivity contribution in [3.63, 3.8) is 0 Å². The predicted molar refractivity (Wildman–Crippen MR) is 131 cm³/mol. The van der Waals surface area contributed by atoms with Gasteiger partial charge >= 0.3 is 6.18 Å². The fraction of sp³-hybridized carbons (Fsp3) is 0.308. The van der Waals surface area contributed by atoms with Gasteiger partial charge in [0.25, 0.3) is 0 Å². The number of anilines is 1. The maximum Gasteiger partial charge on any atom is 0.416 e. The number of pyridine rings is 1. The van der Waals surface area contributed by atoms with Crippen molar-refractivity contribution in [3.05, 3.63) is 59.7 Å². The number of carbonyl (C=O) groups is 1. The number of aromatic amines is 1. The highest BCUT2D eigenvalue weighted by atomic mass is 19.4. The first-order valence-electron chi connectivity index (χ1n) is 11.5. The number of piperidine rings is 1. The number of benzene rings is 2. The molecule has 0 spiro atoms. The Bertz CT molecular complexity index is 1400. The van der Waals surface area contributed by atoms with Gasteiger partial charge in [-0.25, -0.2) is 4.98 Å². The minimum absolute atomic E-state index is 0.0570. The summed E-state index contributed by atoms with van der Waals surface area (Å²) >= 11 is 0. The van der Waals surface area contributed by atoms with E-state index in [1.54, 1.807) is 12.1 Å². The van der Waals surface area contributed by atoms with Gasteiger partial charge in [0.05, 0.1) is 34.2 Å². The first kappa shape index (κ1) is 23.2. The van der Waals surface area contributed by atoms with Gasteiger partial charge in [0.2, 0.25) is 5.91 Å². The molecule has 2 aromatic carbocycles. The summed E-state index contributed by atoms with van der Waals surface area (Å²) < 4.78 is 39.8. The van der Waals surface area contributed by atoms with Crippen LogP contribution in [0.1, 0.15) is 24.0 Å². The van der Waals surface area contributed by atoms with Crippen LogP contribution in [0.5, 0.6) is 0 Å². The lowest BCUT2D eigenvalue weighted by molar-refractivity contribution is -0.137. The fourth-order valence-corrected chi connectivity index (χ4v) is 4.73. The van der Waals surface area contributed by atoms with Crippen LogP contribution in [0.2, 0.25) is 0 Å². The van der Waals surface area contributed by atoms with Crippen LogP contribution in [-0.4, -0.2) is 47.0 Å². The number of rotatable bonds is 5. The summed E-state index contributed by atoms with van der Waals surface area (Å²) in [6.07, 6.45) is -2.40. The Morgan fingerprint density at radius 1 is 1.17 bits per heavy atom. The molecule has 0 aliphatic carbocycles. The monoisotopic (exact) mass is 481 g/mol. The predicted octanol–water partition coefficient (Wildman–Crippen LogP) is 4.94. The number of hydrogen-bond donors (Lipinski definition) is 3. The molecule has 4 aromatic rings. The molecule has 2 aromatic heterocycles. The number of amides is 1. The Hall–Kier alpha value is -3.59. The van der Waals surface area contributed by atoms with Crippen LogP contribution in [0.15, 0.2) is 48.5 Å². The average molecular weight is 482 g/mol. The molecule has 3 heterocycles. The van der Waals surface area contributed by atoms with Crippen molar-refractivity contribution >= 4 is 33.5 Å². The number of carbonyl (C=O) groups excluding carboxylic acids is 1. The molecule has 1 fully saturated rings. The molecule has 1 aliphatic rings. The van der Waals surface area contributed by atoms with E-state index in [0.717, 1.165) is 54.7 Å². The second-order valence-corrected chi connectivity index (χ2v) is 9.22. The quantitative estimate of drug-likeness (QED) is 0.377. The number of alkyl halides is 3. The Morgan fingerprint density at radius 3 is 2.66 bits per heavy atom. The number of hydrogen-bond acceptors (Lipinski definition) is 4.